The van der Waals surface area contributed by atoms with Gasteiger partial charge in [0.1, 0.15) is 0 Å². The van der Waals surface area contributed by atoms with Crippen LogP contribution in [-0.2, 0) is 0 Å². The van der Waals surface area contributed by atoms with Crippen LogP contribution >= 0.6 is 0 Å². The Kier molecular flexibility index (Phi) is 4.07. The first-order valence-electron chi connectivity index (χ1n) is 6.05. The van der Waals surface area contributed by atoms with Gasteiger partial charge in [0.15, 0.2) is 11.6 Å². The first kappa shape index (κ1) is 12.5. The molecule has 1 atom stereocenters. The topological polar surface area (TPSA) is 24.1 Å². The molecule has 1 unspecified atom stereocenters. The second-order valence-electron chi connectivity index (χ2n) is 4.53. The third kappa shape index (κ3) is 2.82. The maximum Gasteiger partial charge on any atom is 0.159 e. The van der Waals surface area contributed by atoms with Gasteiger partial charge in [0, 0.05) is 6.04 Å². The highest BCUT2D eigenvalue weighted by Gasteiger charge is 2.24. The molecule has 1 aromatic carbocycles. The fraction of sp³-hybridized carbons (Fsp3) is 0.538. The molecule has 0 radical (unpaired) electrons. The lowest BCUT2D eigenvalue weighted by Crippen LogP contribution is -2.35. The van der Waals surface area contributed by atoms with E-state index in [9.17, 15) is 8.78 Å². The minimum atomic E-state index is -0.783. The van der Waals surface area contributed by atoms with Gasteiger partial charge in [-0.15, -0.1) is 0 Å². The number of rotatable bonds is 3. The summed E-state index contributed by atoms with van der Waals surface area (Å²) in [5.41, 5.74) is 0.832. The number of piperidine rings is 1. The molecule has 0 saturated carbocycles. The Bertz CT molecular complexity index is 376. The molecule has 1 saturated heterocycles. The second kappa shape index (κ2) is 5.56. The van der Waals surface area contributed by atoms with E-state index in [4.69, 9.17) is 0 Å². The highest BCUT2D eigenvalue weighted by Crippen LogP contribution is 2.29. The number of halogens is 2. The summed E-state index contributed by atoms with van der Waals surface area (Å²) in [6.07, 6.45) is 2.12. The van der Waals surface area contributed by atoms with Crippen molar-refractivity contribution < 1.29 is 8.78 Å². The van der Waals surface area contributed by atoms with Gasteiger partial charge in [-0.05, 0) is 56.6 Å². The fourth-order valence-corrected chi connectivity index (χ4v) is 2.56. The molecule has 0 aliphatic carbocycles. The number of hydrogen-bond acceptors (Lipinski definition) is 2. The molecule has 1 aliphatic rings. The summed E-state index contributed by atoms with van der Waals surface area (Å²) < 4.78 is 26.1. The molecule has 0 spiro atoms. The normalized spacial score (nSPS) is 19.2. The fourth-order valence-electron chi connectivity index (χ4n) is 2.56. The second-order valence-corrected chi connectivity index (χ2v) is 4.53. The Labute approximate surface area is 100 Å². The highest BCUT2D eigenvalue weighted by atomic mass is 19.2. The molecule has 2 N–H and O–H groups in total. The zero-order chi connectivity index (χ0) is 12.3. The van der Waals surface area contributed by atoms with Crippen LogP contribution in [0.5, 0.6) is 0 Å². The predicted octanol–water partition coefficient (Wildman–Crippen LogP) is 2.22. The van der Waals surface area contributed by atoms with Crippen LogP contribution in [0, 0.1) is 17.6 Å². The van der Waals surface area contributed by atoms with E-state index in [2.05, 4.69) is 10.6 Å². The Morgan fingerprint density at radius 1 is 1.24 bits per heavy atom. The van der Waals surface area contributed by atoms with Crippen molar-refractivity contribution in [2.75, 3.05) is 20.1 Å². The Hall–Kier alpha value is -1.00. The number of benzene rings is 1. The molecule has 0 amide bonds. The van der Waals surface area contributed by atoms with Crippen LogP contribution in [0.1, 0.15) is 24.4 Å². The summed E-state index contributed by atoms with van der Waals surface area (Å²) in [5.74, 6) is -1.07. The van der Waals surface area contributed by atoms with E-state index in [1.165, 1.54) is 12.1 Å². The van der Waals surface area contributed by atoms with Crippen LogP contribution in [0.2, 0.25) is 0 Å². The number of hydrogen-bond donors (Lipinski definition) is 2. The van der Waals surface area contributed by atoms with Gasteiger partial charge in [0.05, 0.1) is 0 Å². The van der Waals surface area contributed by atoms with Crippen LogP contribution in [0.4, 0.5) is 8.78 Å². The molecule has 0 aromatic heterocycles. The first-order chi connectivity index (χ1) is 8.22. The van der Waals surface area contributed by atoms with Crippen LogP contribution < -0.4 is 10.6 Å². The van der Waals surface area contributed by atoms with E-state index in [0.717, 1.165) is 31.5 Å². The summed E-state index contributed by atoms with van der Waals surface area (Å²) >= 11 is 0. The van der Waals surface area contributed by atoms with Crippen LogP contribution in [0.3, 0.4) is 0 Å². The zero-order valence-corrected chi connectivity index (χ0v) is 9.97. The smallest absolute Gasteiger partial charge is 0.159 e. The van der Waals surface area contributed by atoms with Crippen molar-refractivity contribution >= 4 is 0 Å². The average molecular weight is 240 g/mol. The quantitative estimate of drug-likeness (QED) is 0.846. The predicted molar refractivity (Wildman–Crippen MR) is 63.8 cm³/mol. The lowest BCUT2D eigenvalue weighted by atomic mass is 9.86. The van der Waals surface area contributed by atoms with E-state index in [0.29, 0.717) is 5.92 Å². The number of nitrogens with one attached hydrogen (secondary N) is 2. The van der Waals surface area contributed by atoms with E-state index in [-0.39, 0.29) is 6.04 Å². The molecule has 1 aliphatic heterocycles. The van der Waals surface area contributed by atoms with Gasteiger partial charge in [-0.2, -0.15) is 0 Å². The maximum absolute atomic E-state index is 13.2. The van der Waals surface area contributed by atoms with Crippen molar-refractivity contribution in [3.63, 3.8) is 0 Å². The maximum atomic E-state index is 13.2. The van der Waals surface area contributed by atoms with Crippen molar-refractivity contribution in [2.45, 2.75) is 18.9 Å². The Morgan fingerprint density at radius 2 is 1.94 bits per heavy atom. The summed E-state index contributed by atoms with van der Waals surface area (Å²) in [5, 5.41) is 6.52. The van der Waals surface area contributed by atoms with Gasteiger partial charge in [0.25, 0.3) is 0 Å². The Balaban J connectivity index is 2.18. The van der Waals surface area contributed by atoms with Crippen molar-refractivity contribution in [1.82, 2.24) is 10.6 Å². The molecule has 94 valence electrons. The van der Waals surface area contributed by atoms with Crippen molar-refractivity contribution in [2.24, 2.45) is 5.92 Å². The molecule has 2 nitrogen and oxygen atoms in total. The summed E-state index contributed by atoms with van der Waals surface area (Å²) in [6, 6.07) is 4.28. The van der Waals surface area contributed by atoms with Crippen LogP contribution in [0.15, 0.2) is 18.2 Å². The molecule has 4 heteroatoms. The minimum absolute atomic E-state index is 0.104. The summed E-state index contributed by atoms with van der Waals surface area (Å²) in [7, 11) is 1.87. The third-order valence-corrected chi connectivity index (χ3v) is 3.47. The molecule has 1 heterocycles. The van der Waals surface area contributed by atoms with Gasteiger partial charge in [-0.25, -0.2) is 8.78 Å². The average Bonchev–Trinajstić information content (AvgIpc) is 2.36. The molecule has 0 bridgehead atoms. The molecule has 17 heavy (non-hydrogen) atoms. The van der Waals surface area contributed by atoms with E-state index in [1.54, 1.807) is 6.07 Å². The van der Waals surface area contributed by atoms with E-state index < -0.39 is 11.6 Å². The van der Waals surface area contributed by atoms with Crippen molar-refractivity contribution in [3.05, 3.63) is 35.4 Å². The molecule has 1 fully saturated rings. The van der Waals surface area contributed by atoms with Gasteiger partial charge in [-0.1, -0.05) is 6.07 Å². The molecule has 2 rings (SSSR count). The van der Waals surface area contributed by atoms with Gasteiger partial charge in [0.2, 0.25) is 0 Å². The van der Waals surface area contributed by atoms with E-state index in [1.807, 2.05) is 7.05 Å². The van der Waals surface area contributed by atoms with Crippen molar-refractivity contribution in [3.8, 4) is 0 Å². The zero-order valence-electron chi connectivity index (χ0n) is 9.97. The standard InChI is InChI=1S/C13H18F2N2/c1-16-13(9-4-6-17-7-5-9)10-2-3-11(14)12(15)8-10/h2-3,8-9,13,16-17H,4-7H2,1H3. The lowest BCUT2D eigenvalue weighted by molar-refractivity contribution is 0.293. The largest absolute Gasteiger partial charge is 0.317 e. The van der Waals surface area contributed by atoms with Crippen LogP contribution in [0.25, 0.3) is 0 Å². The highest BCUT2D eigenvalue weighted by molar-refractivity contribution is 5.22. The van der Waals surface area contributed by atoms with Gasteiger partial charge >= 0.3 is 0 Å². The Morgan fingerprint density at radius 3 is 2.53 bits per heavy atom. The van der Waals surface area contributed by atoms with Crippen LogP contribution in [-0.4, -0.2) is 20.1 Å². The summed E-state index contributed by atoms with van der Waals surface area (Å²) in [6.45, 7) is 1.99. The SMILES string of the molecule is CNC(c1ccc(F)c(F)c1)C1CCNCC1. The molecular formula is C13H18F2N2. The van der Waals surface area contributed by atoms with Crippen molar-refractivity contribution in [1.29, 1.82) is 0 Å². The first-order valence-corrected chi connectivity index (χ1v) is 6.05. The minimum Gasteiger partial charge on any atom is -0.317 e. The third-order valence-electron chi connectivity index (χ3n) is 3.47. The monoisotopic (exact) mass is 240 g/mol. The van der Waals surface area contributed by atoms with Gasteiger partial charge in [-0.3, -0.25) is 0 Å². The van der Waals surface area contributed by atoms with Gasteiger partial charge < -0.3 is 10.6 Å². The lowest BCUT2D eigenvalue weighted by Gasteiger charge is -2.30. The summed E-state index contributed by atoms with van der Waals surface area (Å²) in [4.78, 5) is 0. The molecular weight excluding hydrogens is 222 g/mol. The molecule has 1 aromatic rings. The van der Waals surface area contributed by atoms with E-state index >= 15 is 0 Å².